The summed E-state index contributed by atoms with van der Waals surface area (Å²) in [6.45, 7) is 1.90. The maximum Gasteiger partial charge on any atom is 0.237 e. The summed E-state index contributed by atoms with van der Waals surface area (Å²) in [6.07, 6.45) is 2.24. The Morgan fingerprint density at radius 3 is 2.55 bits per heavy atom. The smallest absolute Gasteiger partial charge is 0.237 e. The number of carbonyl (C=O) groups is 1. The predicted octanol–water partition coefficient (Wildman–Crippen LogP) is 1.83. The van der Waals surface area contributed by atoms with Gasteiger partial charge < -0.3 is 11.1 Å². The van der Waals surface area contributed by atoms with Crippen LogP contribution in [0.4, 0.5) is 0 Å². The third kappa shape index (κ3) is 3.90. The first kappa shape index (κ1) is 14.2. The highest BCUT2D eigenvalue weighted by atomic mass is 16.2. The minimum Gasteiger partial charge on any atom is -0.347 e. The second-order valence-corrected chi connectivity index (χ2v) is 4.78. The molecular formula is C16H19N3O. The number of carbonyl (C=O) groups excluding carboxylic acids is 1. The summed E-state index contributed by atoms with van der Waals surface area (Å²) in [4.78, 5) is 16.3. The highest BCUT2D eigenvalue weighted by Gasteiger charge is 2.17. The zero-order valence-corrected chi connectivity index (χ0v) is 11.5. The fourth-order valence-electron chi connectivity index (χ4n) is 1.99. The van der Waals surface area contributed by atoms with Crippen LogP contribution in [0.1, 0.15) is 24.2 Å². The molecule has 0 aliphatic carbocycles. The number of benzene rings is 1. The van der Waals surface area contributed by atoms with Crippen molar-refractivity contribution in [2.75, 3.05) is 0 Å². The van der Waals surface area contributed by atoms with E-state index in [4.69, 9.17) is 5.73 Å². The van der Waals surface area contributed by atoms with Gasteiger partial charge in [0.15, 0.2) is 0 Å². The van der Waals surface area contributed by atoms with Crippen LogP contribution in [0.3, 0.4) is 0 Å². The van der Waals surface area contributed by atoms with Crippen molar-refractivity contribution in [3.8, 4) is 0 Å². The Morgan fingerprint density at radius 1 is 1.20 bits per heavy atom. The van der Waals surface area contributed by atoms with Gasteiger partial charge in [-0.2, -0.15) is 0 Å². The van der Waals surface area contributed by atoms with Crippen LogP contribution in [0.25, 0.3) is 0 Å². The minimum atomic E-state index is -0.552. The van der Waals surface area contributed by atoms with Crippen molar-refractivity contribution in [1.82, 2.24) is 10.3 Å². The first-order valence-electron chi connectivity index (χ1n) is 6.67. The van der Waals surface area contributed by atoms with Gasteiger partial charge in [0.25, 0.3) is 0 Å². The molecule has 2 rings (SSSR count). The largest absolute Gasteiger partial charge is 0.347 e. The summed E-state index contributed by atoms with van der Waals surface area (Å²) in [5.41, 5.74) is 7.83. The van der Waals surface area contributed by atoms with Gasteiger partial charge in [-0.05, 0) is 31.0 Å². The number of nitrogens with one attached hydrogen (secondary N) is 1. The molecule has 0 spiro atoms. The number of pyridine rings is 1. The normalized spacial score (nSPS) is 13.5. The van der Waals surface area contributed by atoms with Gasteiger partial charge in [0.1, 0.15) is 0 Å². The first-order valence-corrected chi connectivity index (χ1v) is 6.67. The Labute approximate surface area is 119 Å². The second kappa shape index (κ2) is 6.82. The second-order valence-electron chi connectivity index (χ2n) is 4.78. The van der Waals surface area contributed by atoms with Crippen molar-refractivity contribution in [2.24, 2.45) is 5.73 Å². The van der Waals surface area contributed by atoms with E-state index in [1.165, 1.54) is 0 Å². The van der Waals surface area contributed by atoms with E-state index in [-0.39, 0.29) is 11.9 Å². The SMILES string of the molecule is C[C@H](NC(=O)[C@@H](N)Cc1ccccc1)c1ccccn1. The summed E-state index contributed by atoms with van der Waals surface area (Å²) in [5.74, 6) is -0.160. The molecule has 1 aromatic carbocycles. The summed E-state index contributed by atoms with van der Waals surface area (Å²) in [7, 11) is 0. The van der Waals surface area contributed by atoms with E-state index in [1.54, 1.807) is 6.20 Å². The lowest BCUT2D eigenvalue weighted by Crippen LogP contribution is -2.43. The molecule has 1 amide bonds. The van der Waals surface area contributed by atoms with Crippen molar-refractivity contribution in [2.45, 2.75) is 25.4 Å². The zero-order chi connectivity index (χ0) is 14.4. The van der Waals surface area contributed by atoms with Gasteiger partial charge >= 0.3 is 0 Å². The van der Waals surface area contributed by atoms with Crippen LogP contribution in [-0.2, 0) is 11.2 Å². The summed E-state index contributed by atoms with van der Waals surface area (Å²) < 4.78 is 0. The van der Waals surface area contributed by atoms with Crippen molar-refractivity contribution < 1.29 is 4.79 Å². The minimum absolute atomic E-state index is 0.148. The van der Waals surface area contributed by atoms with Crippen LogP contribution in [0, 0.1) is 0 Å². The van der Waals surface area contributed by atoms with E-state index in [0.717, 1.165) is 11.3 Å². The summed E-state index contributed by atoms with van der Waals surface area (Å²) in [6, 6.07) is 14.7. The Balaban J connectivity index is 1.91. The van der Waals surface area contributed by atoms with E-state index in [9.17, 15) is 4.79 Å². The summed E-state index contributed by atoms with van der Waals surface area (Å²) >= 11 is 0. The molecule has 104 valence electrons. The fourth-order valence-corrected chi connectivity index (χ4v) is 1.99. The van der Waals surface area contributed by atoms with Crippen LogP contribution < -0.4 is 11.1 Å². The van der Waals surface area contributed by atoms with E-state index < -0.39 is 6.04 Å². The van der Waals surface area contributed by atoms with Gasteiger partial charge in [0.05, 0.1) is 17.8 Å². The molecule has 0 aliphatic heterocycles. The highest BCUT2D eigenvalue weighted by molar-refractivity contribution is 5.82. The average molecular weight is 269 g/mol. The Morgan fingerprint density at radius 2 is 1.90 bits per heavy atom. The number of amides is 1. The van der Waals surface area contributed by atoms with Gasteiger partial charge in [0.2, 0.25) is 5.91 Å². The Kier molecular flexibility index (Phi) is 4.85. The van der Waals surface area contributed by atoms with E-state index in [2.05, 4.69) is 10.3 Å². The molecule has 2 atom stereocenters. The van der Waals surface area contributed by atoms with E-state index in [1.807, 2.05) is 55.5 Å². The van der Waals surface area contributed by atoms with Gasteiger partial charge in [-0.3, -0.25) is 9.78 Å². The number of rotatable bonds is 5. The lowest BCUT2D eigenvalue weighted by molar-refractivity contribution is -0.123. The van der Waals surface area contributed by atoms with E-state index >= 15 is 0 Å². The first-order chi connectivity index (χ1) is 9.66. The lowest BCUT2D eigenvalue weighted by atomic mass is 10.1. The third-order valence-electron chi connectivity index (χ3n) is 3.13. The van der Waals surface area contributed by atoms with Crippen molar-refractivity contribution in [1.29, 1.82) is 0 Å². The average Bonchev–Trinajstić information content (AvgIpc) is 2.49. The number of hydrogen-bond acceptors (Lipinski definition) is 3. The molecule has 4 heteroatoms. The molecule has 0 saturated carbocycles. The molecular weight excluding hydrogens is 250 g/mol. The standard InChI is InChI=1S/C16H19N3O/c1-12(15-9-5-6-10-18-15)19-16(20)14(17)11-13-7-3-2-4-8-13/h2-10,12,14H,11,17H2,1H3,(H,19,20)/t12-,14-/m0/s1. The van der Waals surface area contributed by atoms with Crippen molar-refractivity contribution >= 4 is 5.91 Å². The Hall–Kier alpha value is -2.20. The Bertz CT molecular complexity index is 542. The zero-order valence-electron chi connectivity index (χ0n) is 11.5. The van der Waals surface area contributed by atoms with Crippen LogP contribution in [0.2, 0.25) is 0 Å². The van der Waals surface area contributed by atoms with Crippen LogP contribution in [0.5, 0.6) is 0 Å². The quantitative estimate of drug-likeness (QED) is 0.870. The molecule has 0 fully saturated rings. The molecule has 4 nitrogen and oxygen atoms in total. The predicted molar refractivity (Wildman–Crippen MR) is 78.9 cm³/mol. The van der Waals surface area contributed by atoms with Gasteiger partial charge in [0, 0.05) is 6.20 Å². The molecule has 0 radical (unpaired) electrons. The van der Waals surface area contributed by atoms with Gasteiger partial charge in [-0.15, -0.1) is 0 Å². The molecule has 0 unspecified atom stereocenters. The topological polar surface area (TPSA) is 68.0 Å². The molecule has 1 aromatic heterocycles. The molecule has 0 aliphatic rings. The molecule has 2 aromatic rings. The molecule has 0 bridgehead atoms. The maximum atomic E-state index is 12.1. The van der Waals surface area contributed by atoms with E-state index in [0.29, 0.717) is 6.42 Å². The maximum absolute atomic E-state index is 12.1. The van der Waals surface area contributed by atoms with Gasteiger partial charge in [-0.1, -0.05) is 36.4 Å². The number of hydrogen-bond donors (Lipinski definition) is 2. The number of nitrogens with two attached hydrogens (primary N) is 1. The fraction of sp³-hybridized carbons (Fsp3) is 0.250. The molecule has 1 heterocycles. The molecule has 20 heavy (non-hydrogen) atoms. The van der Waals surface area contributed by atoms with Crippen molar-refractivity contribution in [3.63, 3.8) is 0 Å². The lowest BCUT2D eigenvalue weighted by Gasteiger charge is -2.17. The molecule has 0 saturated heterocycles. The number of aromatic nitrogens is 1. The van der Waals surface area contributed by atoms with Crippen LogP contribution in [-0.4, -0.2) is 16.9 Å². The summed E-state index contributed by atoms with van der Waals surface area (Å²) in [5, 5.41) is 2.89. The van der Waals surface area contributed by atoms with Crippen LogP contribution >= 0.6 is 0 Å². The highest BCUT2D eigenvalue weighted by Crippen LogP contribution is 2.09. The monoisotopic (exact) mass is 269 g/mol. The van der Waals surface area contributed by atoms with Crippen LogP contribution in [0.15, 0.2) is 54.7 Å². The third-order valence-corrected chi connectivity index (χ3v) is 3.13. The molecule has 3 N–H and O–H groups in total. The van der Waals surface area contributed by atoms with Crippen molar-refractivity contribution in [3.05, 3.63) is 66.0 Å². The van der Waals surface area contributed by atoms with Gasteiger partial charge in [-0.25, -0.2) is 0 Å². The number of nitrogens with zero attached hydrogens (tertiary/aromatic N) is 1.